The van der Waals surface area contributed by atoms with E-state index >= 15 is 0 Å². The van der Waals surface area contributed by atoms with E-state index in [0.29, 0.717) is 5.39 Å². The summed E-state index contributed by atoms with van der Waals surface area (Å²) in [5.41, 5.74) is -0.0514. The molecule has 1 atom stereocenters. The molecule has 0 aliphatic carbocycles. The topological polar surface area (TPSA) is 55.1 Å². The zero-order valence-electron chi connectivity index (χ0n) is 10.4. The standard InChI is InChI=1S/C12H16N2O2S2/c1-8-5-10-11(18-8)13-7-14(12(10)16)9(6-15)3-4-17-2/h5,7,9,15H,3-4,6H2,1-2H3/t9-/m0/s1. The molecule has 0 fully saturated rings. The molecule has 2 rings (SSSR count). The Bertz CT molecular complexity index is 591. The molecule has 6 heteroatoms. The van der Waals surface area contributed by atoms with Gasteiger partial charge in [0.1, 0.15) is 4.83 Å². The molecule has 2 aromatic rings. The van der Waals surface area contributed by atoms with Gasteiger partial charge in [0.15, 0.2) is 0 Å². The van der Waals surface area contributed by atoms with Gasteiger partial charge in [0.05, 0.1) is 24.4 Å². The highest BCUT2D eigenvalue weighted by Crippen LogP contribution is 2.20. The lowest BCUT2D eigenvalue weighted by atomic mass is 10.2. The second-order valence-corrected chi connectivity index (χ2v) is 6.37. The predicted octanol–water partition coefficient (Wildman–Crippen LogP) is 2.05. The van der Waals surface area contributed by atoms with Gasteiger partial charge in [0, 0.05) is 4.88 Å². The van der Waals surface area contributed by atoms with Crippen LogP contribution in [-0.2, 0) is 0 Å². The summed E-state index contributed by atoms with van der Waals surface area (Å²) in [6.07, 6.45) is 4.34. The maximum absolute atomic E-state index is 12.3. The van der Waals surface area contributed by atoms with E-state index in [-0.39, 0.29) is 18.2 Å². The van der Waals surface area contributed by atoms with E-state index in [0.717, 1.165) is 21.9 Å². The second-order valence-electron chi connectivity index (χ2n) is 4.15. The second kappa shape index (κ2) is 5.86. The third kappa shape index (κ3) is 2.60. The van der Waals surface area contributed by atoms with E-state index < -0.39 is 0 Å². The minimum Gasteiger partial charge on any atom is -0.394 e. The van der Waals surface area contributed by atoms with Crippen molar-refractivity contribution in [2.45, 2.75) is 19.4 Å². The highest BCUT2D eigenvalue weighted by molar-refractivity contribution is 7.98. The van der Waals surface area contributed by atoms with Gasteiger partial charge in [-0.1, -0.05) is 0 Å². The third-order valence-electron chi connectivity index (χ3n) is 2.86. The van der Waals surface area contributed by atoms with Crippen molar-refractivity contribution >= 4 is 33.3 Å². The summed E-state index contributed by atoms with van der Waals surface area (Å²) in [5, 5.41) is 10.1. The first-order valence-corrected chi connectivity index (χ1v) is 7.95. The SMILES string of the molecule is CSCC[C@@H](CO)n1cnc2sc(C)cc2c1=O. The van der Waals surface area contributed by atoms with Crippen molar-refractivity contribution in [3.8, 4) is 0 Å². The van der Waals surface area contributed by atoms with Gasteiger partial charge in [-0.2, -0.15) is 11.8 Å². The summed E-state index contributed by atoms with van der Waals surface area (Å²) in [5.74, 6) is 0.915. The molecule has 4 nitrogen and oxygen atoms in total. The van der Waals surface area contributed by atoms with E-state index in [1.165, 1.54) is 11.3 Å². The van der Waals surface area contributed by atoms with Crippen LogP contribution in [0.2, 0.25) is 0 Å². The molecule has 0 aliphatic heterocycles. The lowest BCUT2D eigenvalue weighted by Gasteiger charge is -2.16. The fourth-order valence-corrected chi connectivity index (χ4v) is 3.24. The molecular formula is C12H16N2O2S2. The third-order valence-corrected chi connectivity index (χ3v) is 4.46. The quantitative estimate of drug-likeness (QED) is 0.913. The number of thiophene rings is 1. The number of aromatic nitrogens is 2. The summed E-state index contributed by atoms with van der Waals surface area (Å²) in [6, 6.07) is 1.69. The van der Waals surface area contributed by atoms with Crippen molar-refractivity contribution in [3.63, 3.8) is 0 Å². The van der Waals surface area contributed by atoms with Gasteiger partial charge in [-0.25, -0.2) is 4.98 Å². The Hall–Kier alpha value is -0.850. The fraction of sp³-hybridized carbons (Fsp3) is 0.500. The van der Waals surface area contributed by atoms with E-state index in [4.69, 9.17) is 0 Å². The van der Waals surface area contributed by atoms with Crippen LogP contribution in [-0.4, -0.2) is 33.3 Å². The molecule has 0 amide bonds. The molecule has 0 unspecified atom stereocenters. The molecule has 1 N–H and O–H groups in total. The van der Waals surface area contributed by atoms with Gasteiger partial charge < -0.3 is 5.11 Å². The van der Waals surface area contributed by atoms with Crippen LogP contribution in [0.5, 0.6) is 0 Å². The van der Waals surface area contributed by atoms with Crippen molar-refractivity contribution in [2.24, 2.45) is 0 Å². The maximum Gasteiger partial charge on any atom is 0.262 e. The summed E-state index contributed by atoms with van der Waals surface area (Å²) in [7, 11) is 0. The molecule has 0 bridgehead atoms. The summed E-state index contributed by atoms with van der Waals surface area (Å²) >= 11 is 3.23. The number of aliphatic hydroxyl groups is 1. The monoisotopic (exact) mass is 284 g/mol. The molecule has 2 aromatic heterocycles. The molecule has 0 saturated carbocycles. The Labute approximate surface area is 114 Å². The molecule has 0 aromatic carbocycles. The number of fused-ring (bicyclic) bond motifs is 1. The van der Waals surface area contributed by atoms with Crippen molar-refractivity contribution < 1.29 is 5.11 Å². The molecule has 18 heavy (non-hydrogen) atoms. The van der Waals surface area contributed by atoms with Crippen molar-refractivity contribution in [2.75, 3.05) is 18.6 Å². The number of aliphatic hydroxyl groups excluding tert-OH is 1. The minimum atomic E-state index is -0.179. The van der Waals surface area contributed by atoms with Crippen molar-refractivity contribution in [3.05, 3.63) is 27.6 Å². The average Bonchev–Trinajstić information content (AvgIpc) is 2.74. The van der Waals surface area contributed by atoms with Gasteiger partial charge in [0.2, 0.25) is 0 Å². The van der Waals surface area contributed by atoms with E-state index in [2.05, 4.69) is 4.98 Å². The number of rotatable bonds is 5. The highest BCUT2D eigenvalue weighted by atomic mass is 32.2. The Morgan fingerprint density at radius 2 is 2.39 bits per heavy atom. The van der Waals surface area contributed by atoms with E-state index in [1.54, 1.807) is 22.7 Å². The molecule has 0 aliphatic rings. The maximum atomic E-state index is 12.3. The average molecular weight is 284 g/mol. The lowest BCUT2D eigenvalue weighted by molar-refractivity contribution is 0.222. The van der Waals surface area contributed by atoms with Gasteiger partial charge in [-0.3, -0.25) is 9.36 Å². The van der Waals surface area contributed by atoms with Gasteiger partial charge in [0.25, 0.3) is 5.56 Å². The number of nitrogens with zero attached hydrogens (tertiary/aromatic N) is 2. The lowest BCUT2D eigenvalue weighted by Crippen LogP contribution is -2.27. The smallest absolute Gasteiger partial charge is 0.262 e. The Kier molecular flexibility index (Phi) is 4.42. The first-order chi connectivity index (χ1) is 8.67. The van der Waals surface area contributed by atoms with E-state index in [9.17, 15) is 9.90 Å². The first-order valence-electron chi connectivity index (χ1n) is 5.74. The Morgan fingerprint density at radius 3 is 3.06 bits per heavy atom. The van der Waals surface area contributed by atoms with Crippen LogP contribution in [0, 0.1) is 6.92 Å². The largest absolute Gasteiger partial charge is 0.394 e. The Balaban J connectivity index is 2.43. The zero-order valence-corrected chi connectivity index (χ0v) is 12.1. The van der Waals surface area contributed by atoms with Gasteiger partial charge >= 0.3 is 0 Å². The molecule has 98 valence electrons. The summed E-state index contributed by atoms with van der Waals surface area (Å²) in [6.45, 7) is 1.93. The van der Waals surface area contributed by atoms with Crippen LogP contribution < -0.4 is 5.56 Å². The molecule has 2 heterocycles. The number of thioether (sulfide) groups is 1. The summed E-state index contributed by atoms with van der Waals surface area (Å²) < 4.78 is 1.56. The van der Waals surface area contributed by atoms with Crippen LogP contribution >= 0.6 is 23.1 Å². The van der Waals surface area contributed by atoms with Crippen molar-refractivity contribution in [1.29, 1.82) is 0 Å². The van der Waals surface area contributed by atoms with Crippen LogP contribution in [0.4, 0.5) is 0 Å². The summed E-state index contributed by atoms with van der Waals surface area (Å²) in [4.78, 5) is 18.5. The van der Waals surface area contributed by atoms with Crippen LogP contribution in [0.1, 0.15) is 17.3 Å². The minimum absolute atomic E-state index is 0.0310. The fourth-order valence-electron chi connectivity index (χ4n) is 1.89. The molecule has 0 saturated heterocycles. The van der Waals surface area contributed by atoms with Crippen LogP contribution in [0.15, 0.2) is 17.2 Å². The van der Waals surface area contributed by atoms with Crippen molar-refractivity contribution in [1.82, 2.24) is 9.55 Å². The van der Waals surface area contributed by atoms with Crippen LogP contribution in [0.3, 0.4) is 0 Å². The highest BCUT2D eigenvalue weighted by Gasteiger charge is 2.14. The van der Waals surface area contributed by atoms with E-state index in [1.807, 2.05) is 19.2 Å². The first kappa shape index (κ1) is 13.6. The normalized spacial score (nSPS) is 13.1. The molecule has 0 radical (unpaired) electrons. The Morgan fingerprint density at radius 1 is 1.61 bits per heavy atom. The molecule has 0 spiro atoms. The van der Waals surface area contributed by atoms with Gasteiger partial charge in [-0.05, 0) is 31.4 Å². The zero-order chi connectivity index (χ0) is 13.1. The van der Waals surface area contributed by atoms with Gasteiger partial charge in [-0.15, -0.1) is 11.3 Å². The predicted molar refractivity (Wildman–Crippen MR) is 77.7 cm³/mol. The number of hydrogen-bond donors (Lipinski definition) is 1. The van der Waals surface area contributed by atoms with Crippen LogP contribution in [0.25, 0.3) is 10.2 Å². The number of aryl methyl sites for hydroxylation is 1. The molecular weight excluding hydrogens is 268 g/mol. The number of hydrogen-bond acceptors (Lipinski definition) is 5.